The zero-order chi connectivity index (χ0) is 12.4. The quantitative estimate of drug-likeness (QED) is 0.822. The lowest BCUT2D eigenvalue weighted by Gasteiger charge is -2.23. The van der Waals surface area contributed by atoms with Crippen molar-refractivity contribution in [1.82, 2.24) is 4.31 Å². The molecule has 0 saturated heterocycles. The van der Waals surface area contributed by atoms with Gasteiger partial charge in [0.25, 0.3) is 5.91 Å². The van der Waals surface area contributed by atoms with Gasteiger partial charge in [-0.2, -0.15) is 0 Å². The lowest BCUT2D eigenvalue weighted by Crippen LogP contribution is -2.30. The van der Waals surface area contributed by atoms with Gasteiger partial charge in [-0.1, -0.05) is 43.0 Å². The summed E-state index contributed by atoms with van der Waals surface area (Å²) in [6, 6.07) is 9.33. The molecule has 0 radical (unpaired) electrons. The summed E-state index contributed by atoms with van der Waals surface area (Å²) >= 11 is 0. The van der Waals surface area contributed by atoms with Gasteiger partial charge in [-0.15, -0.1) is 0 Å². The fourth-order valence-corrected chi connectivity index (χ4v) is 2.99. The Morgan fingerprint density at radius 1 is 1.35 bits per heavy atom. The number of carbonyl (C=O) groups is 1. The van der Waals surface area contributed by atoms with Crippen LogP contribution in [0.1, 0.15) is 18.5 Å². The Morgan fingerprint density at radius 2 is 2.00 bits per heavy atom. The number of rotatable bonds is 3. The summed E-state index contributed by atoms with van der Waals surface area (Å²) in [7, 11) is -1.40. The van der Waals surface area contributed by atoms with Crippen molar-refractivity contribution in [1.29, 1.82) is 0 Å². The van der Waals surface area contributed by atoms with E-state index in [1.165, 1.54) is 15.8 Å². The summed E-state index contributed by atoms with van der Waals surface area (Å²) in [5, 5.41) is 1.44. The van der Waals surface area contributed by atoms with Crippen LogP contribution in [-0.2, 0) is 15.8 Å². The molecular weight excluding hydrogens is 234 g/mol. The Hall–Kier alpha value is -1.68. The lowest BCUT2D eigenvalue weighted by molar-refractivity contribution is -0.123. The Balaban J connectivity index is 2.29. The Labute approximate surface area is 103 Å². The summed E-state index contributed by atoms with van der Waals surface area (Å²) in [6.07, 6.45) is 1.44. The van der Waals surface area contributed by atoms with Crippen LogP contribution in [0.25, 0.3) is 0 Å². The fraction of sp³-hybridized carbons (Fsp3) is 0.154. The first-order chi connectivity index (χ1) is 8.15. The summed E-state index contributed by atoms with van der Waals surface area (Å²) < 4.78 is 13.2. The van der Waals surface area contributed by atoms with Gasteiger partial charge in [-0.05, 0) is 12.5 Å². The monoisotopic (exact) mass is 247 g/mol. The summed E-state index contributed by atoms with van der Waals surface area (Å²) in [5.74, 6) is -0.227. The van der Waals surface area contributed by atoms with Crippen molar-refractivity contribution in [3.05, 3.63) is 59.5 Å². The predicted molar refractivity (Wildman–Crippen MR) is 68.1 cm³/mol. The predicted octanol–water partition coefficient (Wildman–Crippen LogP) is 2.32. The highest BCUT2D eigenvalue weighted by Crippen LogP contribution is 2.28. The van der Waals surface area contributed by atoms with Crippen LogP contribution in [0.15, 0.2) is 54.0 Å². The molecule has 1 unspecified atom stereocenters. The first-order valence-corrected chi connectivity index (χ1v) is 6.45. The van der Waals surface area contributed by atoms with Gasteiger partial charge >= 0.3 is 0 Å². The molecule has 4 heteroatoms. The molecule has 88 valence electrons. The van der Waals surface area contributed by atoms with Crippen molar-refractivity contribution in [3.8, 4) is 0 Å². The molecule has 0 fully saturated rings. The van der Waals surface area contributed by atoms with E-state index in [1.54, 1.807) is 0 Å². The van der Waals surface area contributed by atoms with E-state index >= 15 is 0 Å². The van der Waals surface area contributed by atoms with E-state index in [0.29, 0.717) is 5.57 Å². The third-order valence-corrected chi connectivity index (χ3v) is 4.05. The number of benzene rings is 1. The third-order valence-electron chi connectivity index (χ3n) is 2.72. The van der Waals surface area contributed by atoms with Gasteiger partial charge in [-0.3, -0.25) is 4.79 Å². The van der Waals surface area contributed by atoms with Crippen LogP contribution in [0.3, 0.4) is 0 Å². The van der Waals surface area contributed by atoms with E-state index in [9.17, 15) is 9.00 Å². The van der Waals surface area contributed by atoms with Crippen LogP contribution in [0.4, 0.5) is 0 Å². The van der Waals surface area contributed by atoms with E-state index in [4.69, 9.17) is 0 Å². The van der Waals surface area contributed by atoms with Gasteiger partial charge in [-0.25, -0.2) is 8.51 Å². The Kier molecular flexibility index (Phi) is 3.24. The first-order valence-electron chi connectivity index (χ1n) is 5.28. The highest BCUT2D eigenvalue weighted by atomic mass is 32.2. The second kappa shape index (κ2) is 4.67. The van der Waals surface area contributed by atoms with Crippen molar-refractivity contribution >= 4 is 16.9 Å². The molecule has 2 atom stereocenters. The minimum Gasteiger partial charge on any atom is -0.268 e. The van der Waals surface area contributed by atoms with Crippen LogP contribution in [0.2, 0.25) is 0 Å². The lowest BCUT2D eigenvalue weighted by atomic mass is 10.1. The number of carbonyl (C=O) groups excluding carboxylic acids is 1. The van der Waals surface area contributed by atoms with Crippen LogP contribution in [0, 0.1) is 0 Å². The normalized spacial score (nSPS) is 21.2. The molecule has 0 spiro atoms. The summed E-state index contributed by atoms with van der Waals surface area (Å²) in [5.41, 5.74) is 1.37. The van der Waals surface area contributed by atoms with Crippen molar-refractivity contribution in [2.75, 3.05) is 0 Å². The van der Waals surface area contributed by atoms with E-state index in [1.807, 2.05) is 37.3 Å². The zero-order valence-electron chi connectivity index (χ0n) is 9.50. The fourth-order valence-electron chi connectivity index (χ4n) is 1.76. The van der Waals surface area contributed by atoms with Gasteiger partial charge < -0.3 is 0 Å². The molecule has 1 aliphatic rings. The van der Waals surface area contributed by atoms with Crippen molar-refractivity contribution < 1.29 is 9.00 Å². The molecule has 1 amide bonds. The molecular formula is C13H13NO2S. The standard InChI is InChI=1S/C13H13NO2S/c1-3-11-9-17(16)14(13(11)15)10(2)12-7-5-4-6-8-12/h3-10H,1H2,2H3/t10-,17?/m0/s1. The van der Waals surface area contributed by atoms with Crippen molar-refractivity contribution in [3.63, 3.8) is 0 Å². The van der Waals surface area contributed by atoms with E-state index in [0.717, 1.165) is 5.56 Å². The molecule has 1 aromatic rings. The molecule has 2 rings (SSSR count). The molecule has 0 saturated carbocycles. The Morgan fingerprint density at radius 3 is 2.53 bits per heavy atom. The number of nitrogens with zero attached hydrogens (tertiary/aromatic N) is 1. The molecule has 0 bridgehead atoms. The average Bonchev–Trinajstić information content (AvgIpc) is 2.64. The van der Waals surface area contributed by atoms with E-state index < -0.39 is 11.0 Å². The number of hydrogen-bond acceptors (Lipinski definition) is 2. The van der Waals surface area contributed by atoms with Gasteiger partial charge in [0.2, 0.25) is 0 Å². The largest absolute Gasteiger partial charge is 0.268 e. The summed E-state index contributed by atoms with van der Waals surface area (Å²) in [6.45, 7) is 5.41. The maximum absolute atomic E-state index is 12.0. The van der Waals surface area contributed by atoms with Crippen LogP contribution in [-0.4, -0.2) is 14.4 Å². The molecule has 0 aromatic heterocycles. The molecule has 0 aliphatic carbocycles. The second-order valence-electron chi connectivity index (χ2n) is 3.77. The SMILES string of the molecule is C=CC1=CS(=O)N([C@@H](C)c2ccccc2)C1=O. The molecule has 1 heterocycles. The molecule has 0 N–H and O–H groups in total. The topological polar surface area (TPSA) is 37.4 Å². The molecule has 1 aromatic carbocycles. The van der Waals surface area contributed by atoms with Crippen LogP contribution >= 0.6 is 0 Å². The molecule has 17 heavy (non-hydrogen) atoms. The van der Waals surface area contributed by atoms with Crippen LogP contribution < -0.4 is 0 Å². The van der Waals surface area contributed by atoms with Gasteiger partial charge in [0, 0.05) is 5.41 Å². The van der Waals surface area contributed by atoms with Gasteiger partial charge in [0.1, 0.15) is 11.0 Å². The highest BCUT2D eigenvalue weighted by molar-refractivity contribution is 7.86. The van der Waals surface area contributed by atoms with Gasteiger partial charge in [0.05, 0.1) is 11.6 Å². The van der Waals surface area contributed by atoms with Crippen LogP contribution in [0.5, 0.6) is 0 Å². The highest BCUT2D eigenvalue weighted by Gasteiger charge is 2.32. The minimum atomic E-state index is -1.40. The molecule has 3 nitrogen and oxygen atoms in total. The van der Waals surface area contributed by atoms with Crippen molar-refractivity contribution in [2.45, 2.75) is 13.0 Å². The number of hydrogen-bond donors (Lipinski definition) is 0. The first kappa shape index (κ1) is 11.8. The second-order valence-corrected chi connectivity index (χ2v) is 4.95. The van der Waals surface area contributed by atoms with E-state index in [2.05, 4.69) is 6.58 Å². The van der Waals surface area contributed by atoms with Gasteiger partial charge in [0.15, 0.2) is 0 Å². The Bertz CT molecular complexity index is 507. The average molecular weight is 247 g/mol. The smallest absolute Gasteiger partial charge is 0.267 e. The number of amides is 1. The maximum Gasteiger partial charge on any atom is 0.267 e. The maximum atomic E-state index is 12.0. The zero-order valence-corrected chi connectivity index (χ0v) is 10.3. The third kappa shape index (κ3) is 2.08. The molecule has 1 aliphatic heterocycles. The van der Waals surface area contributed by atoms with Crippen molar-refractivity contribution in [2.24, 2.45) is 0 Å². The minimum absolute atomic E-state index is 0.210. The summed E-state index contributed by atoms with van der Waals surface area (Å²) in [4.78, 5) is 12.0. The van der Waals surface area contributed by atoms with E-state index in [-0.39, 0.29) is 11.9 Å².